The highest BCUT2D eigenvalue weighted by Gasteiger charge is 2.20. The first-order valence-corrected chi connectivity index (χ1v) is 17.0. The van der Waals surface area contributed by atoms with E-state index in [0.717, 1.165) is 17.1 Å². The van der Waals surface area contributed by atoms with Gasteiger partial charge < -0.3 is 4.90 Å². The molecule has 0 aliphatic carbocycles. The maximum absolute atomic E-state index is 2.42. The molecular weight excluding hydrogens is 591 g/mol. The monoisotopic (exact) mass is 625 g/mol. The van der Waals surface area contributed by atoms with Gasteiger partial charge in [-0.2, -0.15) is 0 Å². The molecule has 1 nitrogen and oxygen atoms in total. The van der Waals surface area contributed by atoms with Crippen molar-refractivity contribution in [3.63, 3.8) is 0 Å². The van der Waals surface area contributed by atoms with Crippen molar-refractivity contribution in [3.8, 4) is 22.3 Å². The molecule has 0 saturated carbocycles. The second-order valence-corrected chi connectivity index (χ2v) is 13.2. The summed E-state index contributed by atoms with van der Waals surface area (Å²) < 4.78 is 0. The largest absolute Gasteiger partial charge is 0.310 e. The van der Waals surface area contributed by atoms with E-state index in [0.29, 0.717) is 0 Å². The molecule has 9 aromatic carbocycles. The summed E-state index contributed by atoms with van der Waals surface area (Å²) in [6.45, 7) is 4.31. The Morgan fingerprint density at radius 1 is 0.306 bits per heavy atom. The summed E-state index contributed by atoms with van der Waals surface area (Å²) >= 11 is 0. The summed E-state index contributed by atoms with van der Waals surface area (Å²) in [5.74, 6) is 0. The number of aryl methyl sites for hydroxylation is 2. The first-order chi connectivity index (χ1) is 24.1. The predicted octanol–water partition coefficient (Wildman–Crippen LogP) is 13.7. The molecule has 9 rings (SSSR count). The van der Waals surface area contributed by atoms with Gasteiger partial charge in [-0.05, 0) is 116 Å². The lowest BCUT2D eigenvalue weighted by Gasteiger charge is -2.27. The SMILES string of the molecule is Cc1ccc(-c2c3ccccc3c(-c3ccc(C)cc3)c3cc(N(c4ccc5ccccc5c4)c4ccc5ccccc5c4)ccc23)cc1. The molecule has 0 saturated heterocycles. The van der Waals surface area contributed by atoms with Crippen molar-refractivity contribution in [2.45, 2.75) is 13.8 Å². The summed E-state index contributed by atoms with van der Waals surface area (Å²) in [5.41, 5.74) is 10.9. The van der Waals surface area contributed by atoms with Crippen LogP contribution in [-0.4, -0.2) is 0 Å². The number of rotatable bonds is 5. The van der Waals surface area contributed by atoms with Crippen molar-refractivity contribution in [2.75, 3.05) is 4.90 Å². The zero-order valence-electron chi connectivity index (χ0n) is 27.7. The van der Waals surface area contributed by atoms with Crippen molar-refractivity contribution in [3.05, 3.63) is 187 Å². The summed E-state index contributed by atoms with van der Waals surface area (Å²) in [7, 11) is 0. The maximum atomic E-state index is 2.42. The van der Waals surface area contributed by atoms with Crippen molar-refractivity contribution in [1.29, 1.82) is 0 Å². The van der Waals surface area contributed by atoms with Gasteiger partial charge in [0.1, 0.15) is 0 Å². The third-order valence-corrected chi connectivity index (χ3v) is 9.93. The lowest BCUT2D eigenvalue weighted by atomic mass is 9.85. The summed E-state index contributed by atoms with van der Waals surface area (Å²) in [4.78, 5) is 2.41. The van der Waals surface area contributed by atoms with E-state index in [2.05, 4.69) is 195 Å². The Kier molecular flexibility index (Phi) is 6.99. The van der Waals surface area contributed by atoms with Crippen LogP contribution in [0.1, 0.15) is 11.1 Å². The Bertz CT molecular complexity index is 2590. The topological polar surface area (TPSA) is 3.24 Å². The summed E-state index contributed by atoms with van der Waals surface area (Å²) in [6.07, 6.45) is 0. The quantitative estimate of drug-likeness (QED) is 0.172. The fourth-order valence-corrected chi connectivity index (χ4v) is 7.45. The molecule has 232 valence electrons. The van der Waals surface area contributed by atoms with Crippen molar-refractivity contribution in [1.82, 2.24) is 0 Å². The van der Waals surface area contributed by atoms with Crippen LogP contribution in [0.15, 0.2) is 176 Å². The van der Waals surface area contributed by atoms with Gasteiger partial charge >= 0.3 is 0 Å². The molecule has 0 unspecified atom stereocenters. The Labute approximate surface area is 287 Å². The average molecular weight is 626 g/mol. The Hall–Kier alpha value is -6.18. The van der Waals surface area contributed by atoms with Crippen LogP contribution in [0.2, 0.25) is 0 Å². The van der Waals surface area contributed by atoms with Gasteiger partial charge in [0.2, 0.25) is 0 Å². The molecular formula is C48H35N. The number of anilines is 3. The molecule has 49 heavy (non-hydrogen) atoms. The first-order valence-electron chi connectivity index (χ1n) is 17.0. The number of benzene rings is 9. The predicted molar refractivity (Wildman–Crippen MR) is 211 cm³/mol. The van der Waals surface area contributed by atoms with E-state index in [-0.39, 0.29) is 0 Å². The number of fused-ring (bicyclic) bond motifs is 4. The highest BCUT2D eigenvalue weighted by atomic mass is 15.1. The van der Waals surface area contributed by atoms with Crippen molar-refractivity contribution in [2.24, 2.45) is 0 Å². The minimum absolute atomic E-state index is 1.12. The van der Waals surface area contributed by atoms with E-state index in [1.807, 2.05) is 0 Å². The molecule has 9 aromatic rings. The van der Waals surface area contributed by atoms with Crippen LogP contribution in [0.3, 0.4) is 0 Å². The second kappa shape index (κ2) is 11.8. The highest BCUT2D eigenvalue weighted by Crippen LogP contribution is 2.46. The zero-order valence-corrected chi connectivity index (χ0v) is 27.7. The van der Waals surface area contributed by atoms with Gasteiger partial charge in [-0.1, -0.05) is 151 Å². The van der Waals surface area contributed by atoms with Crippen LogP contribution in [0.5, 0.6) is 0 Å². The van der Waals surface area contributed by atoms with E-state index in [1.165, 1.54) is 76.5 Å². The smallest absolute Gasteiger partial charge is 0.0468 e. The van der Waals surface area contributed by atoms with Gasteiger partial charge in [-0.15, -0.1) is 0 Å². The van der Waals surface area contributed by atoms with Crippen LogP contribution in [0, 0.1) is 13.8 Å². The van der Waals surface area contributed by atoms with Crippen LogP contribution in [0.25, 0.3) is 65.3 Å². The molecule has 0 radical (unpaired) electrons. The van der Waals surface area contributed by atoms with E-state index in [4.69, 9.17) is 0 Å². The molecule has 0 aliphatic heterocycles. The third kappa shape index (κ3) is 5.12. The normalized spacial score (nSPS) is 11.5. The molecule has 1 heteroatoms. The van der Waals surface area contributed by atoms with Gasteiger partial charge in [-0.25, -0.2) is 0 Å². The second-order valence-electron chi connectivity index (χ2n) is 13.2. The van der Waals surface area contributed by atoms with E-state index >= 15 is 0 Å². The number of hydrogen-bond donors (Lipinski definition) is 0. The van der Waals surface area contributed by atoms with Crippen LogP contribution in [0.4, 0.5) is 17.1 Å². The molecule has 0 aliphatic rings. The fourth-order valence-electron chi connectivity index (χ4n) is 7.45. The minimum atomic E-state index is 1.12. The minimum Gasteiger partial charge on any atom is -0.310 e. The lowest BCUT2D eigenvalue weighted by molar-refractivity contribution is 1.30. The van der Waals surface area contributed by atoms with Crippen LogP contribution >= 0.6 is 0 Å². The van der Waals surface area contributed by atoms with Gasteiger partial charge in [-0.3, -0.25) is 0 Å². The van der Waals surface area contributed by atoms with Crippen molar-refractivity contribution < 1.29 is 0 Å². The third-order valence-electron chi connectivity index (χ3n) is 9.93. The Morgan fingerprint density at radius 2 is 0.694 bits per heavy atom. The maximum Gasteiger partial charge on any atom is 0.0468 e. The molecule has 0 spiro atoms. The van der Waals surface area contributed by atoms with Gasteiger partial charge in [0, 0.05) is 17.1 Å². The Morgan fingerprint density at radius 3 is 1.20 bits per heavy atom. The van der Waals surface area contributed by atoms with Crippen LogP contribution in [-0.2, 0) is 0 Å². The number of hydrogen-bond acceptors (Lipinski definition) is 1. The van der Waals surface area contributed by atoms with Gasteiger partial charge in [0.05, 0.1) is 0 Å². The first kappa shape index (κ1) is 29.0. The summed E-state index contributed by atoms with van der Waals surface area (Å²) in [6, 6.07) is 64.8. The molecule has 0 aromatic heterocycles. The van der Waals surface area contributed by atoms with Gasteiger partial charge in [0.15, 0.2) is 0 Å². The zero-order chi connectivity index (χ0) is 32.9. The lowest BCUT2D eigenvalue weighted by Crippen LogP contribution is -2.10. The molecule has 0 amide bonds. The molecule has 0 heterocycles. The van der Waals surface area contributed by atoms with E-state index in [9.17, 15) is 0 Å². The van der Waals surface area contributed by atoms with Crippen molar-refractivity contribution >= 4 is 60.2 Å². The van der Waals surface area contributed by atoms with Gasteiger partial charge in [0.25, 0.3) is 0 Å². The molecule has 0 atom stereocenters. The van der Waals surface area contributed by atoms with E-state index in [1.54, 1.807) is 0 Å². The number of nitrogens with zero attached hydrogens (tertiary/aromatic N) is 1. The molecule has 0 N–H and O–H groups in total. The Balaban J connectivity index is 1.37. The summed E-state index contributed by atoms with van der Waals surface area (Å²) in [5, 5.41) is 9.93. The highest BCUT2D eigenvalue weighted by molar-refractivity contribution is 6.22. The average Bonchev–Trinajstić information content (AvgIpc) is 3.15. The fraction of sp³-hybridized carbons (Fsp3) is 0.0417. The standard InChI is InChI=1S/C48H35N/c1-32-15-19-36(20-16-32)47-43-13-7-8-14-44(43)48(37-21-17-33(2)18-22-37)46-31-42(27-28-45(46)47)49(40-25-23-34-9-3-5-11-38(34)29-40)41-26-24-35-10-4-6-12-39(35)30-41/h3-31H,1-2H3. The molecule has 0 bridgehead atoms. The van der Waals surface area contributed by atoms with Crippen LogP contribution < -0.4 is 4.90 Å². The van der Waals surface area contributed by atoms with E-state index < -0.39 is 0 Å². The molecule has 0 fully saturated rings.